The van der Waals surface area contributed by atoms with E-state index in [1.165, 1.54) is 11.1 Å². The van der Waals surface area contributed by atoms with Crippen LogP contribution in [0.15, 0.2) is 24.3 Å². The Hall–Kier alpha value is -1.15. The van der Waals surface area contributed by atoms with E-state index in [-0.39, 0.29) is 0 Å². The van der Waals surface area contributed by atoms with E-state index < -0.39 is 0 Å². The molecule has 0 saturated heterocycles. The van der Waals surface area contributed by atoms with Gasteiger partial charge in [-0.15, -0.1) is 6.58 Å². The van der Waals surface area contributed by atoms with Crippen molar-refractivity contribution in [2.75, 3.05) is 6.54 Å². The van der Waals surface area contributed by atoms with Gasteiger partial charge in [0.25, 0.3) is 0 Å². The largest absolute Gasteiger partial charge is 0.310 e. The quantitative estimate of drug-likeness (QED) is 0.733. The second-order valence-corrected chi connectivity index (χ2v) is 5.19. The van der Waals surface area contributed by atoms with Crippen molar-refractivity contribution < 1.29 is 0 Å². The van der Waals surface area contributed by atoms with Crippen molar-refractivity contribution >= 4 is 0 Å². The molecule has 100 valence electrons. The maximum atomic E-state index is 4.45. The van der Waals surface area contributed by atoms with Gasteiger partial charge < -0.3 is 5.32 Å². The number of rotatable bonds is 7. The molecule has 0 fully saturated rings. The van der Waals surface area contributed by atoms with Crippen molar-refractivity contribution in [3.05, 3.63) is 41.2 Å². The van der Waals surface area contributed by atoms with Crippen molar-refractivity contribution in [3.63, 3.8) is 0 Å². The summed E-state index contributed by atoms with van der Waals surface area (Å²) in [5, 5.41) is 3.63. The fourth-order valence-corrected chi connectivity index (χ4v) is 2.16. The van der Waals surface area contributed by atoms with Crippen LogP contribution >= 0.6 is 0 Å². The molecule has 1 N–H and O–H groups in total. The maximum Gasteiger partial charge on any atom is 0.0379 e. The molecule has 0 aliphatic carbocycles. The van der Waals surface area contributed by atoms with Crippen molar-refractivity contribution in [2.24, 2.45) is 0 Å². The van der Waals surface area contributed by atoms with Crippen LogP contribution in [0.2, 0.25) is 0 Å². The van der Waals surface area contributed by atoms with Gasteiger partial charge in [-0.2, -0.15) is 0 Å². The Balaban J connectivity index is 2.82. The third-order valence-electron chi connectivity index (χ3n) is 3.01. The molecule has 2 nitrogen and oxygen atoms in total. The Morgan fingerprint density at radius 3 is 2.44 bits per heavy atom. The van der Waals surface area contributed by atoms with Gasteiger partial charge in [0.15, 0.2) is 0 Å². The number of aromatic nitrogens is 1. The van der Waals surface area contributed by atoms with E-state index in [2.05, 4.69) is 56.7 Å². The molecule has 1 atom stereocenters. The predicted molar refractivity (Wildman–Crippen MR) is 78.8 cm³/mol. The fourth-order valence-electron chi connectivity index (χ4n) is 2.16. The average Bonchev–Trinajstić information content (AvgIpc) is 2.27. The van der Waals surface area contributed by atoms with E-state index in [0.717, 1.165) is 37.2 Å². The van der Waals surface area contributed by atoms with E-state index in [1.54, 1.807) is 0 Å². The van der Waals surface area contributed by atoms with Crippen molar-refractivity contribution in [2.45, 2.75) is 53.0 Å². The van der Waals surface area contributed by atoms with Gasteiger partial charge in [0.05, 0.1) is 0 Å². The summed E-state index contributed by atoms with van der Waals surface area (Å²) in [5.74, 6) is 0. The molecule has 0 amide bonds. The number of hydrogen-bond acceptors (Lipinski definition) is 2. The number of nitrogens with one attached hydrogen (secondary N) is 1. The lowest BCUT2D eigenvalue weighted by atomic mass is 9.99. The van der Waals surface area contributed by atoms with Crippen LogP contribution in [0.4, 0.5) is 0 Å². The standard InChI is InChI=1S/C16H26N2/c1-6-9-17-16(8-7-12(2)3)15-10-13(4)18-14(5)11-15/h10-11,16-17H,2,6-9H2,1,3-5H3. The zero-order chi connectivity index (χ0) is 13.5. The number of pyridine rings is 1. The number of nitrogens with zero attached hydrogens (tertiary/aromatic N) is 1. The highest BCUT2D eigenvalue weighted by Crippen LogP contribution is 2.21. The van der Waals surface area contributed by atoms with E-state index in [4.69, 9.17) is 0 Å². The summed E-state index contributed by atoms with van der Waals surface area (Å²) >= 11 is 0. The molecular formula is C16H26N2. The SMILES string of the molecule is C=C(C)CCC(NCCC)c1cc(C)nc(C)c1. The van der Waals surface area contributed by atoms with Crippen molar-refractivity contribution in [3.8, 4) is 0 Å². The van der Waals surface area contributed by atoms with Crippen molar-refractivity contribution in [1.29, 1.82) is 0 Å². The summed E-state index contributed by atoms with van der Waals surface area (Å²) in [6, 6.07) is 4.80. The summed E-state index contributed by atoms with van der Waals surface area (Å²) in [4.78, 5) is 4.45. The first-order valence-electron chi connectivity index (χ1n) is 6.86. The zero-order valence-corrected chi connectivity index (χ0v) is 12.2. The number of allylic oxidation sites excluding steroid dienone is 1. The molecule has 1 unspecified atom stereocenters. The lowest BCUT2D eigenvalue weighted by Gasteiger charge is -2.20. The molecule has 1 heterocycles. The smallest absolute Gasteiger partial charge is 0.0379 e. The van der Waals surface area contributed by atoms with E-state index in [0.29, 0.717) is 6.04 Å². The summed E-state index contributed by atoms with van der Waals surface area (Å²) in [5.41, 5.74) is 4.81. The monoisotopic (exact) mass is 246 g/mol. The molecular weight excluding hydrogens is 220 g/mol. The second kappa shape index (κ2) is 7.32. The van der Waals surface area contributed by atoms with Crippen LogP contribution in [0.25, 0.3) is 0 Å². The first-order valence-corrected chi connectivity index (χ1v) is 6.86. The summed E-state index contributed by atoms with van der Waals surface area (Å²) < 4.78 is 0. The minimum absolute atomic E-state index is 0.419. The van der Waals surface area contributed by atoms with Gasteiger partial charge in [0.1, 0.15) is 0 Å². The maximum absolute atomic E-state index is 4.45. The highest BCUT2D eigenvalue weighted by Gasteiger charge is 2.11. The summed E-state index contributed by atoms with van der Waals surface area (Å²) in [6.07, 6.45) is 3.34. The Morgan fingerprint density at radius 1 is 1.33 bits per heavy atom. The van der Waals surface area contributed by atoms with Gasteiger partial charge in [-0.3, -0.25) is 4.98 Å². The highest BCUT2D eigenvalue weighted by atomic mass is 14.9. The molecule has 0 saturated carbocycles. The number of aryl methyl sites for hydroxylation is 2. The molecule has 1 aromatic heterocycles. The third kappa shape index (κ3) is 5.01. The molecule has 0 bridgehead atoms. The summed E-state index contributed by atoms with van der Waals surface area (Å²) in [7, 11) is 0. The minimum atomic E-state index is 0.419. The lowest BCUT2D eigenvalue weighted by Crippen LogP contribution is -2.22. The average molecular weight is 246 g/mol. The highest BCUT2D eigenvalue weighted by molar-refractivity contribution is 5.23. The topological polar surface area (TPSA) is 24.9 Å². The van der Waals surface area contributed by atoms with E-state index in [9.17, 15) is 0 Å². The van der Waals surface area contributed by atoms with Crippen LogP contribution in [0.1, 0.15) is 56.1 Å². The number of hydrogen-bond donors (Lipinski definition) is 1. The minimum Gasteiger partial charge on any atom is -0.310 e. The first-order chi connectivity index (χ1) is 8.52. The second-order valence-electron chi connectivity index (χ2n) is 5.19. The van der Waals surface area contributed by atoms with Crippen LogP contribution in [0.5, 0.6) is 0 Å². The first kappa shape index (κ1) is 14.9. The third-order valence-corrected chi connectivity index (χ3v) is 3.01. The summed E-state index contributed by atoms with van der Waals surface area (Å²) in [6.45, 7) is 13.5. The Labute approximate surface area is 112 Å². The van der Waals surface area contributed by atoms with Crippen LogP contribution in [0.3, 0.4) is 0 Å². The molecule has 0 aromatic carbocycles. The van der Waals surface area contributed by atoms with Crippen LogP contribution in [-0.2, 0) is 0 Å². The fraction of sp³-hybridized carbons (Fsp3) is 0.562. The van der Waals surface area contributed by atoms with Gasteiger partial charge in [0, 0.05) is 17.4 Å². The van der Waals surface area contributed by atoms with E-state index >= 15 is 0 Å². The van der Waals surface area contributed by atoms with E-state index in [1.807, 2.05) is 0 Å². The van der Waals surface area contributed by atoms with Gasteiger partial charge >= 0.3 is 0 Å². The normalized spacial score (nSPS) is 12.4. The molecule has 0 spiro atoms. The molecule has 2 heteroatoms. The zero-order valence-electron chi connectivity index (χ0n) is 12.2. The van der Waals surface area contributed by atoms with Crippen LogP contribution in [-0.4, -0.2) is 11.5 Å². The lowest BCUT2D eigenvalue weighted by molar-refractivity contribution is 0.498. The Morgan fingerprint density at radius 2 is 1.94 bits per heavy atom. The molecule has 0 radical (unpaired) electrons. The van der Waals surface area contributed by atoms with Gasteiger partial charge in [-0.05, 0) is 64.3 Å². The molecule has 1 rings (SSSR count). The molecule has 0 aliphatic heterocycles. The van der Waals surface area contributed by atoms with Crippen LogP contribution < -0.4 is 5.32 Å². The molecule has 0 aliphatic rings. The molecule has 18 heavy (non-hydrogen) atoms. The van der Waals surface area contributed by atoms with Crippen LogP contribution in [0, 0.1) is 13.8 Å². The Kier molecular flexibility index (Phi) is 6.06. The molecule has 1 aromatic rings. The Bertz CT molecular complexity index is 376. The van der Waals surface area contributed by atoms with Crippen molar-refractivity contribution in [1.82, 2.24) is 10.3 Å². The van der Waals surface area contributed by atoms with Gasteiger partial charge in [-0.1, -0.05) is 12.5 Å². The van der Waals surface area contributed by atoms with Gasteiger partial charge in [0.2, 0.25) is 0 Å². The predicted octanol–water partition coefficient (Wildman–Crippen LogP) is 4.10. The van der Waals surface area contributed by atoms with Gasteiger partial charge in [-0.25, -0.2) is 0 Å².